The van der Waals surface area contributed by atoms with E-state index >= 15 is 0 Å². The number of likely N-dealkylation sites (tertiary alicyclic amines) is 1. The fourth-order valence-electron chi connectivity index (χ4n) is 2.31. The van der Waals surface area contributed by atoms with Gasteiger partial charge in [-0.05, 0) is 19.8 Å². The predicted octanol–water partition coefficient (Wildman–Crippen LogP) is 0.183. The molecule has 1 atom stereocenters. The summed E-state index contributed by atoms with van der Waals surface area (Å²) in [7, 11) is 3.22. The van der Waals surface area contributed by atoms with Crippen molar-refractivity contribution >= 4 is 5.91 Å². The Hall–Kier alpha value is -0.730. The van der Waals surface area contributed by atoms with Crippen LogP contribution < -0.4 is 5.73 Å². The van der Waals surface area contributed by atoms with E-state index in [2.05, 4.69) is 9.78 Å². The maximum Gasteiger partial charge on any atom is 0.230 e. The number of rotatable bonds is 8. The molecule has 21 heavy (non-hydrogen) atoms. The van der Waals surface area contributed by atoms with Crippen molar-refractivity contribution in [3.05, 3.63) is 0 Å². The number of hydrogen-bond donors (Lipinski definition) is 1. The van der Waals surface area contributed by atoms with Crippen LogP contribution >= 0.6 is 0 Å². The van der Waals surface area contributed by atoms with E-state index in [1.165, 1.54) is 0 Å². The SMILES string of the molecule is CCN1C[C@@H](N)C2(CC2)C1=O.COCCOOCCOC. The highest BCUT2D eigenvalue weighted by atomic mass is 17.2. The summed E-state index contributed by atoms with van der Waals surface area (Å²) >= 11 is 0. The molecule has 0 aromatic rings. The minimum Gasteiger partial charge on any atom is -0.382 e. The van der Waals surface area contributed by atoms with Crippen molar-refractivity contribution in [3.63, 3.8) is 0 Å². The maximum atomic E-state index is 11.6. The molecule has 0 bridgehead atoms. The second kappa shape index (κ2) is 9.32. The summed E-state index contributed by atoms with van der Waals surface area (Å²) in [4.78, 5) is 22.8. The van der Waals surface area contributed by atoms with E-state index in [0.29, 0.717) is 32.3 Å². The van der Waals surface area contributed by atoms with Gasteiger partial charge in [0.15, 0.2) is 0 Å². The number of nitrogens with two attached hydrogens (primary N) is 1. The first-order chi connectivity index (χ1) is 10.1. The Morgan fingerprint density at radius 2 is 1.67 bits per heavy atom. The van der Waals surface area contributed by atoms with Gasteiger partial charge in [-0.15, -0.1) is 0 Å². The van der Waals surface area contributed by atoms with Gasteiger partial charge >= 0.3 is 0 Å². The zero-order valence-corrected chi connectivity index (χ0v) is 13.3. The summed E-state index contributed by atoms with van der Waals surface area (Å²) < 4.78 is 9.42. The number of likely N-dealkylation sites (N-methyl/N-ethyl adjacent to an activating group) is 1. The largest absolute Gasteiger partial charge is 0.382 e. The lowest BCUT2D eigenvalue weighted by atomic mass is 10.0. The molecule has 1 aliphatic carbocycles. The van der Waals surface area contributed by atoms with Crippen molar-refractivity contribution in [1.82, 2.24) is 4.90 Å². The molecule has 2 rings (SSSR count). The van der Waals surface area contributed by atoms with E-state index in [1.54, 1.807) is 14.2 Å². The quantitative estimate of drug-likeness (QED) is 0.391. The fraction of sp³-hybridized carbons (Fsp3) is 0.929. The van der Waals surface area contributed by atoms with E-state index in [9.17, 15) is 4.79 Å². The van der Waals surface area contributed by atoms with Gasteiger partial charge in [-0.25, -0.2) is 9.78 Å². The van der Waals surface area contributed by atoms with Gasteiger partial charge in [0.1, 0.15) is 13.2 Å². The molecule has 0 aromatic carbocycles. The molecule has 1 saturated heterocycles. The first-order valence-electron chi connectivity index (χ1n) is 7.39. The van der Waals surface area contributed by atoms with Crippen LogP contribution in [-0.2, 0) is 24.0 Å². The molecule has 2 fully saturated rings. The molecule has 7 heteroatoms. The topological polar surface area (TPSA) is 83.3 Å². The number of carbonyl (C=O) groups is 1. The van der Waals surface area contributed by atoms with Crippen LogP contribution in [0.1, 0.15) is 19.8 Å². The molecule has 7 nitrogen and oxygen atoms in total. The summed E-state index contributed by atoms with van der Waals surface area (Å²) in [5.74, 6) is 0.299. The van der Waals surface area contributed by atoms with Crippen LogP contribution in [0.4, 0.5) is 0 Å². The van der Waals surface area contributed by atoms with Gasteiger partial charge in [0.05, 0.1) is 18.6 Å². The van der Waals surface area contributed by atoms with Crippen molar-refractivity contribution in [2.75, 3.05) is 53.7 Å². The molecule has 2 N–H and O–H groups in total. The Labute approximate surface area is 126 Å². The highest BCUT2D eigenvalue weighted by Crippen LogP contribution is 2.52. The van der Waals surface area contributed by atoms with Gasteiger partial charge in [-0.2, -0.15) is 0 Å². The average Bonchev–Trinajstić information content (AvgIpc) is 3.26. The lowest BCUT2D eigenvalue weighted by Gasteiger charge is -2.11. The highest BCUT2D eigenvalue weighted by molar-refractivity contribution is 5.88. The second-order valence-corrected chi connectivity index (χ2v) is 5.24. The third-order valence-corrected chi connectivity index (χ3v) is 3.84. The molecule has 124 valence electrons. The normalized spacial score (nSPS) is 22.4. The summed E-state index contributed by atoms with van der Waals surface area (Å²) in [6, 6.07) is 0.106. The van der Waals surface area contributed by atoms with E-state index in [-0.39, 0.29) is 11.5 Å². The third-order valence-electron chi connectivity index (χ3n) is 3.84. The number of hydrogen-bond acceptors (Lipinski definition) is 6. The Bertz CT molecular complexity index is 302. The van der Waals surface area contributed by atoms with E-state index < -0.39 is 0 Å². The Morgan fingerprint density at radius 3 is 1.95 bits per heavy atom. The van der Waals surface area contributed by atoms with Crippen LogP contribution in [0.25, 0.3) is 0 Å². The van der Waals surface area contributed by atoms with Gasteiger partial charge in [-0.1, -0.05) is 0 Å². The molecule has 0 unspecified atom stereocenters. The first kappa shape index (κ1) is 18.3. The molecule has 1 saturated carbocycles. The molecule has 2 aliphatic rings. The highest BCUT2D eigenvalue weighted by Gasteiger charge is 2.60. The van der Waals surface area contributed by atoms with Crippen LogP contribution in [0.15, 0.2) is 0 Å². The summed E-state index contributed by atoms with van der Waals surface area (Å²) in [6.07, 6.45) is 2.03. The minimum atomic E-state index is -0.101. The molecule has 0 aromatic heterocycles. The summed E-state index contributed by atoms with van der Waals surface area (Å²) in [5, 5.41) is 0. The van der Waals surface area contributed by atoms with Crippen molar-refractivity contribution in [2.45, 2.75) is 25.8 Å². The van der Waals surface area contributed by atoms with Gasteiger partial charge in [0, 0.05) is 33.4 Å². The summed E-state index contributed by atoms with van der Waals surface area (Å²) in [6.45, 7) is 5.61. The molecule has 1 spiro atoms. The van der Waals surface area contributed by atoms with Crippen LogP contribution in [0.5, 0.6) is 0 Å². The molecule has 1 aliphatic heterocycles. The number of ether oxygens (including phenoxy) is 2. The van der Waals surface area contributed by atoms with Crippen molar-refractivity contribution < 1.29 is 24.0 Å². The smallest absolute Gasteiger partial charge is 0.230 e. The Morgan fingerprint density at radius 1 is 1.14 bits per heavy atom. The number of amides is 1. The Balaban J connectivity index is 0.000000212. The number of nitrogens with zero attached hydrogens (tertiary/aromatic N) is 1. The number of methoxy groups -OCH3 is 2. The van der Waals surface area contributed by atoms with Gasteiger partial charge in [0.25, 0.3) is 0 Å². The lowest BCUT2D eigenvalue weighted by molar-refractivity contribution is -0.302. The van der Waals surface area contributed by atoms with Gasteiger partial charge in [0.2, 0.25) is 5.91 Å². The first-order valence-corrected chi connectivity index (χ1v) is 7.39. The minimum absolute atomic E-state index is 0.101. The van der Waals surface area contributed by atoms with Crippen molar-refractivity contribution in [3.8, 4) is 0 Å². The van der Waals surface area contributed by atoms with Crippen LogP contribution in [0, 0.1) is 5.41 Å². The van der Waals surface area contributed by atoms with E-state index in [0.717, 1.165) is 25.9 Å². The maximum absolute atomic E-state index is 11.6. The monoisotopic (exact) mass is 304 g/mol. The fourth-order valence-corrected chi connectivity index (χ4v) is 2.31. The Kier molecular flexibility index (Phi) is 8.13. The zero-order valence-electron chi connectivity index (χ0n) is 13.3. The number of carbonyl (C=O) groups excluding carboxylic acids is 1. The summed E-state index contributed by atoms with van der Waals surface area (Å²) in [5.41, 5.74) is 5.77. The van der Waals surface area contributed by atoms with Crippen LogP contribution in [0.2, 0.25) is 0 Å². The molecular formula is C14H28N2O5. The third kappa shape index (κ3) is 5.19. The second-order valence-electron chi connectivity index (χ2n) is 5.24. The van der Waals surface area contributed by atoms with Crippen LogP contribution in [-0.4, -0.2) is 70.6 Å². The molecule has 0 radical (unpaired) electrons. The van der Waals surface area contributed by atoms with Gasteiger partial charge in [-0.3, -0.25) is 4.79 Å². The predicted molar refractivity (Wildman–Crippen MR) is 77.6 cm³/mol. The molecule has 1 amide bonds. The van der Waals surface area contributed by atoms with Crippen molar-refractivity contribution in [1.29, 1.82) is 0 Å². The molecule has 1 heterocycles. The average molecular weight is 304 g/mol. The zero-order chi connectivity index (χ0) is 15.7. The van der Waals surface area contributed by atoms with Crippen molar-refractivity contribution in [2.24, 2.45) is 11.1 Å². The molecular weight excluding hydrogens is 276 g/mol. The van der Waals surface area contributed by atoms with Gasteiger partial charge < -0.3 is 20.1 Å². The van der Waals surface area contributed by atoms with Crippen LogP contribution in [0.3, 0.4) is 0 Å². The van der Waals surface area contributed by atoms with E-state index in [4.69, 9.17) is 15.2 Å². The van der Waals surface area contributed by atoms with E-state index in [1.807, 2.05) is 11.8 Å². The lowest BCUT2D eigenvalue weighted by Crippen LogP contribution is -2.31. The standard InChI is InChI=1S/C8H14N2O.C6H14O4/c1-2-10-5-6(9)8(3-4-8)7(10)11;1-7-3-5-9-10-6-4-8-2/h6H,2-5,9H2,1H3;3-6H2,1-2H3/t6-;/m1./s1.